The van der Waals surface area contributed by atoms with Gasteiger partial charge in [-0.05, 0) is 0 Å². The minimum Gasteiger partial charge on any atom is -0.395 e. The molecule has 0 radical (unpaired) electrons. The normalized spacial score (nSPS) is 10.0. The van der Waals surface area contributed by atoms with Crippen LogP contribution in [0.25, 0.3) is 0 Å². The first-order valence-corrected chi connectivity index (χ1v) is 1.65. The fourth-order valence-electron chi connectivity index (χ4n) is 0.115. The zero-order valence-electron chi connectivity index (χ0n) is 3.46. The molecule has 0 fully saturated rings. The second-order valence-electron chi connectivity index (χ2n) is 0.961. The zero-order valence-corrected chi connectivity index (χ0v) is 3.46. The molecule has 5 N–H and O–H groups in total. The molecule has 38 valence electrons. The minimum absolute atomic E-state index is 0.00694. The Labute approximate surface area is 36.3 Å². The maximum Gasteiger partial charge on any atom is 0.0587 e. The van der Waals surface area contributed by atoms with E-state index < -0.39 is 0 Å². The Balaban J connectivity index is 2.63. The summed E-state index contributed by atoms with van der Waals surface area (Å²) in [5, 5.41) is 8.97. The predicted molar refractivity (Wildman–Crippen MR) is 22.2 cm³/mol. The smallest absolute Gasteiger partial charge is 0.0587 e. The largest absolute Gasteiger partial charge is 0.395 e. The second kappa shape index (κ2) is 3.05. The van der Waals surface area contributed by atoms with Gasteiger partial charge in [-0.3, -0.25) is 11.7 Å². The van der Waals surface area contributed by atoms with E-state index in [0.717, 1.165) is 5.12 Å². The van der Waals surface area contributed by atoms with Crippen LogP contribution < -0.4 is 11.7 Å². The van der Waals surface area contributed by atoms with Crippen molar-refractivity contribution in [1.82, 2.24) is 5.12 Å². The topological polar surface area (TPSA) is 75.5 Å². The Kier molecular flexibility index (Phi) is 2.97. The van der Waals surface area contributed by atoms with E-state index in [9.17, 15) is 0 Å². The van der Waals surface area contributed by atoms with Crippen LogP contribution in [-0.4, -0.2) is 23.4 Å². The Bertz CT molecular complexity index is 30.0. The van der Waals surface area contributed by atoms with Gasteiger partial charge in [0.1, 0.15) is 0 Å². The molecule has 0 rings (SSSR count). The summed E-state index contributed by atoms with van der Waals surface area (Å²) >= 11 is 0. The van der Waals surface area contributed by atoms with Crippen LogP contribution in [0.4, 0.5) is 0 Å². The van der Waals surface area contributed by atoms with Gasteiger partial charge in [0.05, 0.1) is 13.2 Å². The van der Waals surface area contributed by atoms with E-state index >= 15 is 0 Å². The molecule has 0 spiro atoms. The molecule has 0 saturated carbocycles. The predicted octanol–water partition coefficient (Wildman–Crippen LogP) is -1.97. The fraction of sp³-hybridized carbons (Fsp3) is 1.00. The first-order valence-electron chi connectivity index (χ1n) is 1.65. The highest BCUT2D eigenvalue weighted by Crippen LogP contribution is 1.55. The lowest BCUT2D eigenvalue weighted by molar-refractivity contribution is 0.202. The third-order valence-electron chi connectivity index (χ3n) is 0.358. The molecule has 0 aromatic carbocycles. The number of hydrogen-bond acceptors (Lipinski definition) is 4. The number of hydrogen-bond donors (Lipinski definition) is 3. The van der Waals surface area contributed by atoms with Crippen molar-refractivity contribution in [2.45, 2.75) is 0 Å². The van der Waals surface area contributed by atoms with Gasteiger partial charge in [-0.25, -0.2) is 0 Å². The molecule has 0 aromatic heterocycles. The summed E-state index contributed by atoms with van der Waals surface area (Å²) in [5.41, 5.74) is 0. The van der Waals surface area contributed by atoms with Crippen molar-refractivity contribution < 1.29 is 5.11 Å². The quantitative estimate of drug-likeness (QED) is 0.272. The maximum atomic E-state index is 8.04. The summed E-state index contributed by atoms with van der Waals surface area (Å²) < 4.78 is 0. The summed E-state index contributed by atoms with van der Waals surface area (Å²) in [5.74, 6) is 9.71. The molecule has 0 bridgehead atoms. The van der Waals surface area contributed by atoms with E-state index in [0.29, 0.717) is 6.54 Å². The van der Waals surface area contributed by atoms with Crippen LogP contribution in [-0.2, 0) is 0 Å². The van der Waals surface area contributed by atoms with Crippen molar-refractivity contribution in [2.75, 3.05) is 13.2 Å². The van der Waals surface area contributed by atoms with Gasteiger partial charge in [-0.2, -0.15) is 5.12 Å². The van der Waals surface area contributed by atoms with Gasteiger partial charge in [0.2, 0.25) is 0 Å². The number of nitrogens with zero attached hydrogens (tertiary/aromatic N) is 1. The van der Waals surface area contributed by atoms with Gasteiger partial charge in [0.25, 0.3) is 0 Å². The SMILES string of the molecule is NN(N)CCO. The molecule has 0 unspecified atom stereocenters. The summed E-state index contributed by atoms with van der Waals surface area (Å²) in [4.78, 5) is 0. The van der Waals surface area contributed by atoms with Crippen LogP contribution in [0.3, 0.4) is 0 Å². The lowest BCUT2D eigenvalue weighted by Crippen LogP contribution is -2.39. The summed E-state index contributed by atoms with van der Waals surface area (Å²) in [7, 11) is 0. The van der Waals surface area contributed by atoms with Crippen LogP contribution in [0, 0.1) is 0 Å². The van der Waals surface area contributed by atoms with Gasteiger partial charge in [0, 0.05) is 0 Å². The van der Waals surface area contributed by atoms with Crippen molar-refractivity contribution in [3.8, 4) is 0 Å². The van der Waals surface area contributed by atoms with E-state index in [1.807, 2.05) is 0 Å². The number of nitrogens with two attached hydrogens (primary N) is 2. The van der Waals surface area contributed by atoms with Gasteiger partial charge >= 0.3 is 0 Å². The first kappa shape index (κ1) is 5.84. The third-order valence-corrected chi connectivity index (χ3v) is 0.358. The minimum atomic E-state index is 0.00694. The highest BCUT2D eigenvalue weighted by atomic mass is 16.3. The number of rotatable bonds is 2. The third kappa shape index (κ3) is 3.84. The monoisotopic (exact) mass is 91.1 g/mol. The summed E-state index contributed by atoms with van der Waals surface area (Å²) in [6, 6.07) is 0. The Morgan fingerprint density at radius 1 is 1.50 bits per heavy atom. The van der Waals surface area contributed by atoms with Crippen molar-refractivity contribution in [2.24, 2.45) is 11.7 Å². The van der Waals surface area contributed by atoms with Gasteiger partial charge in [0.15, 0.2) is 0 Å². The molecule has 0 aliphatic carbocycles. The second-order valence-corrected chi connectivity index (χ2v) is 0.961. The van der Waals surface area contributed by atoms with Gasteiger partial charge in [-0.15, -0.1) is 0 Å². The van der Waals surface area contributed by atoms with E-state index in [-0.39, 0.29) is 6.61 Å². The van der Waals surface area contributed by atoms with E-state index in [1.165, 1.54) is 0 Å². The molecular weight excluding hydrogens is 82.0 g/mol. The first-order chi connectivity index (χ1) is 2.77. The summed E-state index contributed by atoms with van der Waals surface area (Å²) in [6.07, 6.45) is 0. The molecule has 0 aliphatic rings. The Morgan fingerprint density at radius 3 is 2.00 bits per heavy atom. The van der Waals surface area contributed by atoms with Crippen LogP contribution in [0.15, 0.2) is 0 Å². The Hall–Kier alpha value is -0.160. The molecule has 0 aliphatic heterocycles. The van der Waals surface area contributed by atoms with Crippen molar-refractivity contribution in [3.05, 3.63) is 0 Å². The standard InChI is InChI=1S/C2H9N3O/c3-5(4)1-2-6/h6H,1-4H2. The van der Waals surface area contributed by atoms with Crippen molar-refractivity contribution >= 4 is 0 Å². The molecule has 4 nitrogen and oxygen atoms in total. The molecule has 0 heterocycles. The molecule has 0 aromatic rings. The highest BCUT2D eigenvalue weighted by Gasteiger charge is 1.81. The molecule has 0 saturated heterocycles. The lowest BCUT2D eigenvalue weighted by atomic mass is 10.7. The average molecular weight is 91.1 g/mol. The van der Waals surface area contributed by atoms with Crippen LogP contribution >= 0.6 is 0 Å². The van der Waals surface area contributed by atoms with Crippen molar-refractivity contribution in [1.29, 1.82) is 0 Å². The van der Waals surface area contributed by atoms with Crippen LogP contribution in [0.2, 0.25) is 0 Å². The van der Waals surface area contributed by atoms with E-state index in [4.69, 9.17) is 16.8 Å². The fourth-order valence-corrected chi connectivity index (χ4v) is 0.115. The zero-order chi connectivity index (χ0) is 4.99. The van der Waals surface area contributed by atoms with Crippen LogP contribution in [0.1, 0.15) is 0 Å². The molecule has 0 atom stereocenters. The summed E-state index contributed by atoms with van der Waals surface area (Å²) in [6.45, 7) is 0.326. The maximum absolute atomic E-state index is 8.04. The lowest BCUT2D eigenvalue weighted by Gasteiger charge is -2.03. The molecule has 6 heavy (non-hydrogen) atoms. The molecule has 0 amide bonds. The van der Waals surface area contributed by atoms with Crippen LogP contribution in [0.5, 0.6) is 0 Å². The number of aliphatic hydroxyl groups is 1. The van der Waals surface area contributed by atoms with E-state index in [1.54, 1.807) is 0 Å². The number of aliphatic hydroxyl groups excluding tert-OH is 1. The highest BCUT2D eigenvalue weighted by molar-refractivity contribution is 4.27. The average Bonchev–Trinajstić information content (AvgIpc) is 1.35. The van der Waals surface area contributed by atoms with Gasteiger partial charge in [-0.1, -0.05) is 0 Å². The Morgan fingerprint density at radius 2 is 2.00 bits per heavy atom. The van der Waals surface area contributed by atoms with E-state index in [2.05, 4.69) is 0 Å². The molecule has 4 heteroatoms. The van der Waals surface area contributed by atoms with Gasteiger partial charge < -0.3 is 5.11 Å². The number of hydrazine groups is 2. The molecular formula is C2H9N3O. The van der Waals surface area contributed by atoms with Crippen molar-refractivity contribution in [3.63, 3.8) is 0 Å².